The molecule has 1 aromatic heterocycles. The third-order valence-corrected chi connectivity index (χ3v) is 3.99. The van der Waals surface area contributed by atoms with Crippen LogP contribution in [0.2, 0.25) is 0 Å². The van der Waals surface area contributed by atoms with Gasteiger partial charge in [0.1, 0.15) is 11.4 Å². The van der Waals surface area contributed by atoms with E-state index in [9.17, 15) is 10.1 Å². The molecule has 0 aliphatic carbocycles. The number of nitrogens with one attached hydrogen (secondary N) is 2. The Balaban J connectivity index is 2.08. The zero-order valence-electron chi connectivity index (χ0n) is 12.0. The number of nitrogens with zero attached hydrogens (tertiary/aromatic N) is 1. The highest BCUT2D eigenvalue weighted by Gasteiger charge is 2.18. The van der Waals surface area contributed by atoms with Crippen LogP contribution in [0.1, 0.15) is 18.2 Å². The minimum atomic E-state index is -0.328. The molecule has 0 unspecified atom stereocenters. The summed E-state index contributed by atoms with van der Waals surface area (Å²) in [5, 5.41) is 19.6. The largest absolute Gasteiger partial charge is 0.379 e. The fraction of sp³-hybridized carbons (Fsp3) is 0.333. The maximum absolute atomic E-state index is 11.3. The lowest BCUT2D eigenvalue weighted by Crippen LogP contribution is -2.09. The van der Waals surface area contributed by atoms with Crippen molar-refractivity contribution in [3.8, 4) is 0 Å². The Bertz CT molecular complexity index is 585. The van der Waals surface area contributed by atoms with Crippen molar-refractivity contribution in [2.45, 2.75) is 19.8 Å². The van der Waals surface area contributed by atoms with E-state index in [0.29, 0.717) is 17.9 Å². The maximum atomic E-state index is 11.3. The SMILES string of the molecule is CCCNc1cccc(NCCc2cccs2)c1[N+](=O)[O-]. The van der Waals surface area contributed by atoms with Gasteiger partial charge in [-0.2, -0.15) is 0 Å². The molecule has 5 nitrogen and oxygen atoms in total. The zero-order chi connectivity index (χ0) is 15.1. The highest BCUT2D eigenvalue weighted by Crippen LogP contribution is 2.32. The number of para-hydroxylation sites is 1. The highest BCUT2D eigenvalue weighted by molar-refractivity contribution is 7.09. The smallest absolute Gasteiger partial charge is 0.315 e. The molecule has 0 bridgehead atoms. The minimum absolute atomic E-state index is 0.122. The van der Waals surface area contributed by atoms with Crippen molar-refractivity contribution < 1.29 is 4.92 Å². The van der Waals surface area contributed by atoms with Crippen molar-refractivity contribution >= 4 is 28.4 Å². The van der Waals surface area contributed by atoms with E-state index < -0.39 is 0 Å². The molecule has 0 atom stereocenters. The minimum Gasteiger partial charge on any atom is -0.379 e. The van der Waals surface area contributed by atoms with Crippen LogP contribution in [-0.4, -0.2) is 18.0 Å². The predicted molar refractivity (Wildman–Crippen MR) is 88.4 cm³/mol. The molecule has 0 amide bonds. The molecule has 2 rings (SSSR count). The van der Waals surface area contributed by atoms with Crippen LogP contribution < -0.4 is 10.6 Å². The second-order valence-corrected chi connectivity index (χ2v) is 5.67. The van der Waals surface area contributed by atoms with Gasteiger partial charge >= 0.3 is 5.69 Å². The average Bonchev–Trinajstić information content (AvgIpc) is 2.98. The van der Waals surface area contributed by atoms with Crippen LogP contribution in [0.25, 0.3) is 0 Å². The van der Waals surface area contributed by atoms with Crippen molar-refractivity contribution in [2.75, 3.05) is 23.7 Å². The molecule has 0 fully saturated rings. The van der Waals surface area contributed by atoms with Crippen LogP contribution in [0.4, 0.5) is 17.1 Å². The van der Waals surface area contributed by atoms with Gasteiger partial charge in [0.2, 0.25) is 0 Å². The van der Waals surface area contributed by atoms with E-state index in [2.05, 4.69) is 16.7 Å². The summed E-state index contributed by atoms with van der Waals surface area (Å²) in [5.74, 6) is 0. The number of hydrogen-bond acceptors (Lipinski definition) is 5. The summed E-state index contributed by atoms with van der Waals surface area (Å²) < 4.78 is 0. The molecule has 112 valence electrons. The average molecular weight is 305 g/mol. The van der Waals surface area contributed by atoms with Crippen molar-refractivity contribution in [2.24, 2.45) is 0 Å². The van der Waals surface area contributed by atoms with Crippen LogP contribution in [0, 0.1) is 10.1 Å². The van der Waals surface area contributed by atoms with Crippen LogP contribution in [-0.2, 0) is 6.42 Å². The second-order valence-electron chi connectivity index (χ2n) is 4.64. The Hall–Kier alpha value is -2.08. The van der Waals surface area contributed by atoms with Gasteiger partial charge in [-0.05, 0) is 36.4 Å². The van der Waals surface area contributed by atoms with Gasteiger partial charge in [0, 0.05) is 18.0 Å². The van der Waals surface area contributed by atoms with Crippen LogP contribution >= 0.6 is 11.3 Å². The Morgan fingerprint density at radius 2 is 1.86 bits per heavy atom. The summed E-state index contributed by atoms with van der Waals surface area (Å²) >= 11 is 1.70. The van der Waals surface area contributed by atoms with Crippen molar-refractivity contribution in [1.82, 2.24) is 0 Å². The molecule has 2 N–H and O–H groups in total. The number of hydrogen-bond donors (Lipinski definition) is 2. The third kappa shape index (κ3) is 4.19. The number of nitro benzene ring substituents is 1. The maximum Gasteiger partial charge on any atom is 0.315 e. The van der Waals surface area contributed by atoms with Gasteiger partial charge in [-0.1, -0.05) is 19.1 Å². The molecule has 0 saturated carbocycles. The lowest BCUT2D eigenvalue weighted by molar-refractivity contribution is -0.383. The fourth-order valence-corrected chi connectivity index (χ4v) is 2.77. The van der Waals surface area contributed by atoms with E-state index in [-0.39, 0.29) is 10.6 Å². The number of thiophene rings is 1. The fourth-order valence-electron chi connectivity index (χ4n) is 2.06. The van der Waals surface area contributed by atoms with Crippen LogP contribution in [0.15, 0.2) is 35.7 Å². The first kappa shape index (κ1) is 15.3. The van der Waals surface area contributed by atoms with Gasteiger partial charge in [0.25, 0.3) is 0 Å². The first-order valence-corrected chi connectivity index (χ1v) is 7.88. The quantitative estimate of drug-likeness (QED) is 0.568. The van der Waals surface area contributed by atoms with E-state index in [1.54, 1.807) is 23.5 Å². The number of rotatable bonds is 8. The molecular weight excluding hydrogens is 286 g/mol. The summed E-state index contributed by atoms with van der Waals surface area (Å²) in [7, 11) is 0. The lowest BCUT2D eigenvalue weighted by Gasteiger charge is -2.11. The predicted octanol–water partition coefficient (Wildman–Crippen LogP) is 4.13. The number of anilines is 2. The van der Waals surface area contributed by atoms with E-state index in [0.717, 1.165) is 19.4 Å². The van der Waals surface area contributed by atoms with Crippen molar-refractivity contribution in [3.63, 3.8) is 0 Å². The zero-order valence-corrected chi connectivity index (χ0v) is 12.8. The molecule has 21 heavy (non-hydrogen) atoms. The Kier molecular flexibility index (Phi) is 5.57. The second kappa shape index (κ2) is 7.64. The first-order valence-electron chi connectivity index (χ1n) is 7.00. The molecule has 0 saturated heterocycles. The third-order valence-electron chi connectivity index (χ3n) is 3.05. The molecule has 1 heterocycles. The van der Waals surface area contributed by atoms with E-state index in [1.807, 2.05) is 24.4 Å². The summed E-state index contributed by atoms with van der Waals surface area (Å²) in [6, 6.07) is 9.41. The molecule has 0 aliphatic heterocycles. The molecular formula is C15H19N3O2S. The number of nitro groups is 1. The van der Waals surface area contributed by atoms with Gasteiger partial charge in [-0.3, -0.25) is 10.1 Å². The lowest BCUT2D eigenvalue weighted by atomic mass is 10.2. The summed E-state index contributed by atoms with van der Waals surface area (Å²) in [6.45, 7) is 3.43. The van der Waals surface area contributed by atoms with Crippen molar-refractivity contribution in [1.29, 1.82) is 0 Å². The van der Waals surface area contributed by atoms with Crippen LogP contribution in [0.5, 0.6) is 0 Å². The number of benzene rings is 1. The van der Waals surface area contributed by atoms with Crippen molar-refractivity contribution in [3.05, 3.63) is 50.7 Å². The summed E-state index contributed by atoms with van der Waals surface area (Å²) in [4.78, 5) is 12.3. The monoisotopic (exact) mass is 305 g/mol. The Labute approximate surface area is 128 Å². The Morgan fingerprint density at radius 1 is 1.14 bits per heavy atom. The highest BCUT2D eigenvalue weighted by atomic mass is 32.1. The first-order chi connectivity index (χ1) is 10.2. The molecule has 1 aromatic carbocycles. The molecule has 2 aromatic rings. The normalized spacial score (nSPS) is 10.3. The topological polar surface area (TPSA) is 67.2 Å². The van der Waals surface area contributed by atoms with E-state index in [1.165, 1.54) is 4.88 Å². The standard InChI is InChI=1S/C15H19N3O2S/c1-2-9-16-13-6-3-7-14(15(13)18(19)20)17-10-8-12-5-4-11-21-12/h3-7,11,16-17H,2,8-10H2,1H3. The van der Waals surface area contributed by atoms with Crippen LogP contribution in [0.3, 0.4) is 0 Å². The molecule has 6 heteroatoms. The van der Waals surface area contributed by atoms with E-state index in [4.69, 9.17) is 0 Å². The molecule has 0 aliphatic rings. The molecule has 0 radical (unpaired) electrons. The van der Waals surface area contributed by atoms with E-state index >= 15 is 0 Å². The Morgan fingerprint density at radius 3 is 2.43 bits per heavy atom. The summed E-state index contributed by atoms with van der Waals surface area (Å²) in [6.07, 6.45) is 1.79. The van der Waals surface area contributed by atoms with Gasteiger partial charge in [-0.15, -0.1) is 11.3 Å². The molecule has 0 spiro atoms. The van der Waals surface area contributed by atoms with Gasteiger partial charge in [0.05, 0.1) is 4.92 Å². The van der Waals surface area contributed by atoms with Gasteiger partial charge < -0.3 is 10.6 Å². The van der Waals surface area contributed by atoms with Gasteiger partial charge in [0.15, 0.2) is 0 Å². The van der Waals surface area contributed by atoms with Gasteiger partial charge in [-0.25, -0.2) is 0 Å². The summed E-state index contributed by atoms with van der Waals surface area (Å²) in [5.41, 5.74) is 1.26.